The van der Waals surface area contributed by atoms with Crippen molar-refractivity contribution in [2.75, 3.05) is 20.2 Å². The van der Waals surface area contributed by atoms with E-state index in [1.165, 1.54) is 0 Å². The first-order valence-corrected chi connectivity index (χ1v) is 3.56. The third kappa shape index (κ3) is 7.78. The number of rotatable bonds is 4. The molecule has 0 aliphatic carbocycles. The maximum Gasteiger partial charge on any atom is 0.130 e. The quantitative estimate of drug-likeness (QED) is 0.290. The summed E-state index contributed by atoms with van der Waals surface area (Å²) in [7, 11) is 1.87. The molecular formula is C6H14N2OS. The molecule has 0 spiro atoms. The molecule has 0 radical (unpaired) electrons. The van der Waals surface area contributed by atoms with E-state index in [1.807, 2.05) is 20.9 Å². The molecule has 0 N–H and O–H groups in total. The van der Waals surface area contributed by atoms with E-state index >= 15 is 0 Å². The van der Waals surface area contributed by atoms with Gasteiger partial charge in [0, 0.05) is 6.54 Å². The Bertz CT molecular complexity index is 110. The lowest BCUT2D eigenvalue weighted by molar-refractivity contribution is 0.137. The number of likely N-dealkylation sites (N-methyl/N-ethyl adjacent to an activating group) is 1. The van der Waals surface area contributed by atoms with Gasteiger partial charge in [0.25, 0.3) is 0 Å². The Morgan fingerprint density at radius 3 is 2.60 bits per heavy atom. The zero-order chi connectivity index (χ0) is 7.98. The molecule has 3 nitrogen and oxygen atoms in total. The van der Waals surface area contributed by atoms with Crippen molar-refractivity contribution in [3.05, 3.63) is 0 Å². The van der Waals surface area contributed by atoms with E-state index in [9.17, 15) is 0 Å². The third-order valence-electron chi connectivity index (χ3n) is 0.753. The summed E-state index contributed by atoms with van der Waals surface area (Å²) in [4.78, 5) is 4.90. The van der Waals surface area contributed by atoms with Crippen molar-refractivity contribution >= 4 is 18.5 Å². The van der Waals surface area contributed by atoms with Crippen LogP contribution in [0.15, 0.2) is 5.16 Å². The van der Waals surface area contributed by atoms with E-state index in [0.717, 1.165) is 12.3 Å². The minimum absolute atomic E-state index is 0.588. The molecule has 0 aromatic heterocycles. The predicted octanol–water partition coefficient (Wildman–Crippen LogP) is 1.18. The van der Waals surface area contributed by atoms with Crippen molar-refractivity contribution in [3.8, 4) is 0 Å². The van der Waals surface area contributed by atoms with Crippen molar-refractivity contribution in [1.82, 2.24) is 4.31 Å². The fraction of sp³-hybridized carbons (Fsp3) is 0.833. The van der Waals surface area contributed by atoms with E-state index in [2.05, 4.69) is 18.0 Å². The smallest absolute Gasteiger partial charge is 0.130 e. The molecule has 0 amide bonds. The minimum Gasteiger partial charge on any atom is -0.394 e. The molecule has 0 aliphatic rings. The molecule has 0 rings (SSSR count). The molecule has 0 heterocycles. The topological polar surface area (TPSA) is 24.8 Å². The average Bonchev–Trinajstić information content (AvgIpc) is 1.79. The molecule has 0 bridgehead atoms. The Kier molecular flexibility index (Phi) is 5.43. The van der Waals surface area contributed by atoms with Gasteiger partial charge in [-0.2, -0.15) is 0 Å². The largest absolute Gasteiger partial charge is 0.394 e. The zero-order valence-electron chi connectivity index (χ0n) is 6.66. The molecule has 0 atom stereocenters. The summed E-state index contributed by atoms with van der Waals surface area (Å²) in [5, 5.41) is 3.75. The third-order valence-corrected chi connectivity index (χ3v) is 0.953. The maximum atomic E-state index is 4.90. The van der Waals surface area contributed by atoms with Crippen molar-refractivity contribution in [1.29, 1.82) is 0 Å². The van der Waals surface area contributed by atoms with Gasteiger partial charge in [-0.15, -0.1) is 0 Å². The second kappa shape index (κ2) is 5.56. The number of thiol groups is 1. The molecule has 0 fully saturated rings. The van der Waals surface area contributed by atoms with E-state index in [-0.39, 0.29) is 0 Å². The van der Waals surface area contributed by atoms with Gasteiger partial charge in [0.2, 0.25) is 0 Å². The molecule has 0 aromatic rings. The van der Waals surface area contributed by atoms with E-state index < -0.39 is 0 Å². The lowest BCUT2D eigenvalue weighted by Crippen LogP contribution is -2.11. The highest BCUT2D eigenvalue weighted by atomic mass is 32.1. The summed E-state index contributed by atoms with van der Waals surface area (Å²) in [5.74, 6) is 0. The fourth-order valence-electron chi connectivity index (χ4n) is 0.348. The van der Waals surface area contributed by atoms with Crippen LogP contribution in [0.1, 0.15) is 13.8 Å². The van der Waals surface area contributed by atoms with Gasteiger partial charge < -0.3 is 4.84 Å². The molecular weight excluding hydrogens is 148 g/mol. The first-order valence-electron chi connectivity index (χ1n) is 3.16. The first-order chi connectivity index (χ1) is 4.63. The minimum atomic E-state index is 0.588. The van der Waals surface area contributed by atoms with Crippen molar-refractivity contribution in [2.45, 2.75) is 13.8 Å². The highest BCUT2D eigenvalue weighted by Gasteiger charge is 1.88. The highest BCUT2D eigenvalue weighted by molar-refractivity contribution is 7.77. The Balaban J connectivity index is 3.13. The van der Waals surface area contributed by atoms with Crippen molar-refractivity contribution in [3.63, 3.8) is 0 Å². The standard InChI is InChI=1S/C6H14N2OS/c1-6(2)7-9-5-4-8(3)10/h10H,4-5H2,1-3H3. The van der Waals surface area contributed by atoms with Crippen LogP contribution in [0.25, 0.3) is 0 Å². The van der Waals surface area contributed by atoms with Gasteiger partial charge in [0.1, 0.15) is 6.61 Å². The summed E-state index contributed by atoms with van der Waals surface area (Å²) in [6.07, 6.45) is 0. The Morgan fingerprint density at radius 1 is 1.60 bits per heavy atom. The highest BCUT2D eigenvalue weighted by Crippen LogP contribution is 1.86. The van der Waals surface area contributed by atoms with Gasteiger partial charge in [0.15, 0.2) is 0 Å². The van der Waals surface area contributed by atoms with Crippen LogP contribution >= 0.6 is 12.8 Å². The Hall–Kier alpha value is -0.220. The molecule has 0 saturated carbocycles. The molecule has 60 valence electrons. The van der Waals surface area contributed by atoms with Crippen LogP contribution in [-0.2, 0) is 4.84 Å². The Labute approximate surface area is 67.6 Å². The van der Waals surface area contributed by atoms with Crippen molar-refractivity contribution in [2.24, 2.45) is 5.16 Å². The summed E-state index contributed by atoms with van der Waals surface area (Å²) >= 11 is 4.03. The zero-order valence-corrected chi connectivity index (χ0v) is 7.56. The summed E-state index contributed by atoms with van der Waals surface area (Å²) < 4.78 is 1.75. The van der Waals surface area contributed by atoms with Crippen LogP contribution < -0.4 is 0 Å². The molecule has 0 saturated heterocycles. The van der Waals surface area contributed by atoms with Gasteiger partial charge in [0.05, 0.1) is 5.71 Å². The van der Waals surface area contributed by atoms with E-state index in [0.29, 0.717) is 6.61 Å². The van der Waals surface area contributed by atoms with Gasteiger partial charge in [-0.25, -0.2) is 0 Å². The normalized spacial score (nSPS) is 9.70. The number of nitrogens with zero attached hydrogens (tertiary/aromatic N) is 2. The molecule has 10 heavy (non-hydrogen) atoms. The molecule has 0 aromatic carbocycles. The second-order valence-corrected chi connectivity index (χ2v) is 2.94. The van der Waals surface area contributed by atoms with Crippen LogP contribution in [0.4, 0.5) is 0 Å². The number of hydrogen-bond donors (Lipinski definition) is 1. The van der Waals surface area contributed by atoms with Crippen LogP contribution in [0.2, 0.25) is 0 Å². The van der Waals surface area contributed by atoms with Crippen LogP contribution in [0.3, 0.4) is 0 Å². The summed E-state index contributed by atoms with van der Waals surface area (Å²) in [6.45, 7) is 5.15. The first kappa shape index (κ1) is 9.78. The second-order valence-electron chi connectivity index (χ2n) is 2.25. The Morgan fingerprint density at radius 2 is 2.20 bits per heavy atom. The van der Waals surface area contributed by atoms with Crippen LogP contribution in [-0.4, -0.2) is 30.2 Å². The summed E-state index contributed by atoms with van der Waals surface area (Å²) in [5.41, 5.74) is 0.932. The fourth-order valence-corrected chi connectivity index (χ4v) is 0.429. The maximum absolute atomic E-state index is 4.90. The van der Waals surface area contributed by atoms with E-state index in [4.69, 9.17) is 4.84 Å². The summed E-state index contributed by atoms with van der Waals surface area (Å²) in [6, 6.07) is 0. The molecule has 0 unspecified atom stereocenters. The average molecular weight is 162 g/mol. The monoisotopic (exact) mass is 162 g/mol. The van der Waals surface area contributed by atoms with E-state index in [1.54, 1.807) is 4.31 Å². The lowest BCUT2D eigenvalue weighted by Gasteiger charge is -2.05. The SMILES string of the molecule is CC(C)=NOCCN(C)S. The van der Waals surface area contributed by atoms with Crippen LogP contribution in [0, 0.1) is 0 Å². The van der Waals surface area contributed by atoms with Gasteiger partial charge >= 0.3 is 0 Å². The van der Waals surface area contributed by atoms with Gasteiger partial charge in [-0.3, -0.25) is 4.31 Å². The van der Waals surface area contributed by atoms with Crippen LogP contribution in [0.5, 0.6) is 0 Å². The molecule has 4 heteroatoms. The van der Waals surface area contributed by atoms with Gasteiger partial charge in [-0.1, -0.05) is 18.0 Å². The van der Waals surface area contributed by atoms with Crippen molar-refractivity contribution < 1.29 is 4.84 Å². The number of hydrogen-bond acceptors (Lipinski definition) is 4. The number of oxime groups is 1. The van der Waals surface area contributed by atoms with Gasteiger partial charge in [-0.05, 0) is 20.9 Å². The lowest BCUT2D eigenvalue weighted by atomic mass is 10.5. The molecule has 0 aliphatic heterocycles. The predicted molar refractivity (Wildman–Crippen MR) is 46.4 cm³/mol.